The van der Waals surface area contributed by atoms with Crippen molar-refractivity contribution in [3.05, 3.63) is 63.9 Å². The molecule has 0 aliphatic carbocycles. The minimum Gasteiger partial charge on any atom is -0.368 e. The van der Waals surface area contributed by atoms with E-state index < -0.39 is 11.9 Å². The van der Waals surface area contributed by atoms with Crippen LogP contribution in [-0.4, -0.2) is 39.4 Å². The summed E-state index contributed by atoms with van der Waals surface area (Å²) in [6, 6.07) is 11.6. The van der Waals surface area contributed by atoms with Crippen molar-refractivity contribution in [3.63, 3.8) is 0 Å². The smallest absolute Gasteiger partial charge is 0.318 e. The van der Waals surface area contributed by atoms with E-state index in [-0.39, 0.29) is 31.6 Å². The Bertz CT molecular complexity index is 1190. The number of benzene rings is 2. The fraction of sp³-hybridized carbons (Fsp3) is 0.273. The van der Waals surface area contributed by atoms with Crippen LogP contribution in [0.2, 0.25) is 10.0 Å². The normalized spacial score (nSPS) is 18.3. The van der Waals surface area contributed by atoms with E-state index in [0.717, 1.165) is 10.9 Å². The molecule has 0 saturated heterocycles. The van der Waals surface area contributed by atoms with Crippen LogP contribution >= 0.6 is 23.2 Å². The maximum Gasteiger partial charge on any atom is 0.318 e. The highest BCUT2D eigenvalue weighted by molar-refractivity contribution is 6.35. The van der Waals surface area contributed by atoms with Crippen molar-refractivity contribution in [2.45, 2.75) is 26.1 Å². The number of aromatic nitrogens is 2. The molecule has 1 unspecified atom stereocenters. The number of nitrogens with zero attached hydrogens (tertiary/aromatic N) is 3. The molecule has 166 valence electrons. The molecular formula is C22H22Cl2N6O2. The molecule has 3 amide bonds. The highest BCUT2D eigenvalue weighted by Gasteiger charge is 2.30. The zero-order chi connectivity index (χ0) is 22.8. The Morgan fingerprint density at radius 1 is 1.22 bits per heavy atom. The number of para-hydroxylation sites is 1. The van der Waals surface area contributed by atoms with Gasteiger partial charge in [0.05, 0.1) is 12.1 Å². The van der Waals surface area contributed by atoms with Crippen LogP contribution in [-0.2, 0) is 17.9 Å². The second kappa shape index (κ2) is 9.18. The van der Waals surface area contributed by atoms with E-state index in [0.29, 0.717) is 27.2 Å². The molecule has 1 aromatic heterocycles. The first-order valence-corrected chi connectivity index (χ1v) is 10.9. The van der Waals surface area contributed by atoms with Crippen LogP contribution in [0.25, 0.3) is 10.9 Å². The van der Waals surface area contributed by atoms with Crippen molar-refractivity contribution in [2.24, 2.45) is 11.7 Å². The van der Waals surface area contributed by atoms with E-state index in [1.54, 1.807) is 23.1 Å². The molecule has 2 atom stereocenters. The molecule has 2 heterocycles. The highest BCUT2D eigenvalue weighted by atomic mass is 35.5. The molecule has 4 rings (SSSR count). The monoisotopic (exact) mass is 472 g/mol. The minimum absolute atomic E-state index is 0.176. The number of nitrogens with one attached hydrogen (secondary N) is 2. The number of rotatable bonds is 3. The zero-order valence-corrected chi connectivity index (χ0v) is 18.8. The first-order valence-electron chi connectivity index (χ1n) is 10.1. The lowest BCUT2D eigenvalue weighted by Crippen LogP contribution is -2.47. The molecule has 0 saturated carbocycles. The van der Waals surface area contributed by atoms with E-state index in [4.69, 9.17) is 28.9 Å². The lowest BCUT2D eigenvalue weighted by molar-refractivity contribution is -0.119. The van der Waals surface area contributed by atoms with Gasteiger partial charge in [0.15, 0.2) is 5.82 Å². The number of nitrogens with two attached hydrogens (primary N) is 1. The lowest BCUT2D eigenvalue weighted by Gasteiger charge is -2.28. The molecule has 8 nitrogen and oxygen atoms in total. The summed E-state index contributed by atoms with van der Waals surface area (Å²) >= 11 is 12.2. The van der Waals surface area contributed by atoms with Crippen molar-refractivity contribution < 1.29 is 9.59 Å². The number of primary amides is 1. The Labute approximate surface area is 195 Å². The van der Waals surface area contributed by atoms with Gasteiger partial charge < -0.3 is 21.3 Å². The van der Waals surface area contributed by atoms with Crippen LogP contribution in [0.4, 0.5) is 10.6 Å². The van der Waals surface area contributed by atoms with Gasteiger partial charge in [0.1, 0.15) is 11.9 Å². The summed E-state index contributed by atoms with van der Waals surface area (Å²) < 4.78 is 0. The van der Waals surface area contributed by atoms with Gasteiger partial charge in [-0.15, -0.1) is 0 Å². The predicted molar refractivity (Wildman–Crippen MR) is 124 cm³/mol. The molecule has 2 aromatic carbocycles. The van der Waals surface area contributed by atoms with E-state index in [1.165, 1.54) is 0 Å². The van der Waals surface area contributed by atoms with Crippen LogP contribution in [0.5, 0.6) is 0 Å². The van der Waals surface area contributed by atoms with Gasteiger partial charge in [-0.1, -0.05) is 48.3 Å². The molecule has 10 heteroatoms. The molecule has 4 N–H and O–H groups in total. The summed E-state index contributed by atoms with van der Waals surface area (Å²) in [5.74, 6) is 0.198. The molecule has 3 aromatic rings. The third kappa shape index (κ3) is 4.71. The van der Waals surface area contributed by atoms with E-state index in [9.17, 15) is 9.59 Å². The fourth-order valence-electron chi connectivity index (χ4n) is 3.74. The molecule has 0 radical (unpaired) electrons. The van der Waals surface area contributed by atoms with Crippen molar-refractivity contribution in [1.82, 2.24) is 20.2 Å². The SMILES string of the molecule is CC1CN(C(=O)NCc2ccc(Cl)cc2Cl)Cc2nc(c3ccccc3n2)N[C@@H]1C(N)=O. The number of urea groups is 1. The first kappa shape index (κ1) is 22.1. The lowest BCUT2D eigenvalue weighted by atomic mass is 10.0. The van der Waals surface area contributed by atoms with Gasteiger partial charge in [0.25, 0.3) is 0 Å². The van der Waals surface area contributed by atoms with Crippen LogP contribution in [0.1, 0.15) is 18.3 Å². The van der Waals surface area contributed by atoms with Crippen LogP contribution in [0, 0.1) is 5.92 Å². The van der Waals surface area contributed by atoms with Crippen LogP contribution < -0.4 is 16.4 Å². The van der Waals surface area contributed by atoms with Crippen molar-refractivity contribution in [2.75, 3.05) is 11.9 Å². The number of halogens is 2. The third-order valence-corrected chi connectivity index (χ3v) is 5.98. The van der Waals surface area contributed by atoms with E-state index in [1.807, 2.05) is 31.2 Å². The zero-order valence-electron chi connectivity index (χ0n) is 17.3. The molecular weight excluding hydrogens is 451 g/mol. The van der Waals surface area contributed by atoms with Gasteiger partial charge in [0.2, 0.25) is 5.91 Å². The van der Waals surface area contributed by atoms with Gasteiger partial charge in [-0.25, -0.2) is 14.8 Å². The summed E-state index contributed by atoms with van der Waals surface area (Å²) in [7, 11) is 0. The van der Waals surface area contributed by atoms with Crippen molar-refractivity contribution >= 4 is 51.9 Å². The van der Waals surface area contributed by atoms with Gasteiger partial charge in [-0.2, -0.15) is 0 Å². The summed E-state index contributed by atoms with van der Waals surface area (Å²) in [6.45, 7) is 2.54. The van der Waals surface area contributed by atoms with Gasteiger partial charge >= 0.3 is 6.03 Å². The Morgan fingerprint density at radius 3 is 2.75 bits per heavy atom. The molecule has 1 aliphatic heterocycles. The fourth-order valence-corrected chi connectivity index (χ4v) is 4.21. The number of amides is 3. The number of carbonyl (C=O) groups excluding carboxylic acids is 2. The number of anilines is 1. The number of hydrogen-bond acceptors (Lipinski definition) is 5. The maximum absolute atomic E-state index is 13.1. The standard InChI is InChI=1S/C22H22Cl2N6O2/c1-12-10-30(22(32)26-9-13-6-7-14(23)8-16(13)24)11-18-27-17-5-3-2-4-15(17)21(28-18)29-19(12)20(25)31/h2-8,12,19H,9-11H2,1H3,(H2,25,31)(H,26,32)(H,27,28,29)/t12?,19-/m0/s1. The van der Waals surface area contributed by atoms with Gasteiger partial charge in [-0.3, -0.25) is 4.79 Å². The molecule has 2 bridgehead atoms. The summed E-state index contributed by atoms with van der Waals surface area (Å²) in [4.78, 5) is 36.0. The van der Waals surface area contributed by atoms with Crippen molar-refractivity contribution in [3.8, 4) is 0 Å². The van der Waals surface area contributed by atoms with E-state index >= 15 is 0 Å². The predicted octanol–water partition coefficient (Wildman–Crippen LogP) is 3.56. The largest absolute Gasteiger partial charge is 0.368 e. The van der Waals surface area contributed by atoms with Gasteiger partial charge in [-0.05, 0) is 29.8 Å². The minimum atomic E-state index is -0.708. The average Bonchev–Trinajstić information content (AvgIpc) is 2.80. The number of carbonyl (C=O) groups is 2. The average molecular weight is 473 g/mol. The van der Waals surface area contributed by atoms with Crippen LogP contribution in [0.15, 0.2) is 42.5 Å². The summed E-state index contributed by atoms with van der Waals surface area (Å²) in [5, 5.41) is 7.82. The Kier molecular flexibility index (Phi) is 6.34. The summed E-state index contributed by atoms with van der Waals surface area (Å²) in [5.41, 5.74) is 7.13. The topological polar surface area (TPSA) is 113 Å². The molecule has 1 aliphatic rings. The summed E-state index contributed by atoms with van der Waals surface area (Å²) in [6.07, 6.45) is 0. The first-order chi connectivity index (χ1) is 15.3. The Hall–Kier alpha value is -3.10. The Balaban J connectivity index is 1.63. The molecule has 0 fully saturated rings. The molecule has 32 heavy (non-hydrogen) atoms. The maximum atomic E-state index is 13.1. The second-order valence-corrected chi connectivity index (χ2v) is 8.63. The highest BCUT2D eigenvalue weighted by Crippen LogP contribution is 2.25. The third-order valence-electron chi connectivity index (χ3n) is 5.39. The second-order valence-electron chi connectivity index (χ2n) is 7.78. The number of hydrogen-bond donors (Lipinski definition) is 3. The van der Waals surface area contributed by atoms with Crippen LogP contribution in [0.3, 0.4) is 0 Å². The number of fused-ring (bicyclic) bond motifs is 4. The molecule has 0 spiro atoms. The quantitative estimate of drug-likeness (QED) is 0.539. The Morgan fingerprint density at radius 2 is 2.00 bits per heavy atom. The van der Waals surface area contributed by atoms with E-state index in [2.05, 4.69) is 20.6 Å². The van der Waals surface area contributed by atoms with Gasteiger partial charge in [0, 0.05) is 34.4 Å². The van der Waals surface area contributed by atoms with Crippen molar-refractivity contribution in [1.29, 1.82) is 0 Å².